The molecule has 0 radical (unpaired) electrons. The third kappa shape index (κ3) is 4.17. The number of fused-ring (bicyclic) bond motifs is 1. The van der Waals surface area contributed by atoms with Crippen LogP contribution in [0.25, 0.3) is 10.9 Å². The number of rotatable bonds is 4. The van der Waals surface area contributed by atoms with Crippen molar-refractivity contribution in [2.45, 2.75) is 83.1 Å². The number of para-hydroxylation sites is 1. The summed E-state index contributed by atoms with van der Waals surface area (Å²) >= 11 is 0. The predicted octanol–water partition coefficient (Wildman–Crippen LogP) is 3.08. The van der Waals surface area contributed by atoms with Crippen molar-refractivity contribution in [3.8, 4) is 0 Å². The lowest BCUT2D eigenvalue weighted by Crippen LogP contribution is -2.63. The Bertz CT molecular complexity index is 914. The highest BCUT2D eigenvalue weighted by Crippen LogP contribution is 2.30. The first-order valence-corrected chi connectivity index (χ1v) is 10.6. The number of hydrogen-bond acceptors (Lipinski definition) is 3. The molecule has 2 aromatic rings. The van der Waals surface area contributed by atoms with Gasteiger partial charge in [0.1, 0.15) is 6.04 Å². The molecule has 3 heterocycles. The van der Waals surface area contributed by atoms with E-state index >= 15 is 0 Å². The Balaban J connectivity index is 1.48. The zero-order valence-electron chi connectivity index (χ0n) is 17.8. The van der Waals surface area contributed by atoms with E-state index in [9.17, 15) is 9.59 Å². The molecule has 2 aliphatic heterocycles. The Labute approximate surface area is 172 Å². The molecule has 0 bridgehead atoms. The number of aromatic nitrogens is 1. The van der Waals surface area contributed by atoms with E-state index < -0.39 is 6.04 Å². The molecule has 1 unspecified atom stereocenters. The summed E-state index contributed by atoms with van der Waals surface area (Å²) in [7, 11) is 0. The van der Waals surface area contributed by atoms with Gasteiger partial charge in [0.25, 0.3) is 0 Å². The highest BCUT2D eigenvalue weighted by molar-refractivity contribution is 5.91. The molecule has 6 heteroatoms. The monoisotopic (exact) mass is 396 g/mol. The van der Waals surface area contributed by atoms with E-state index in [4.69, 9.17) is 0 Å². The van der Waals surface area contributed by atoms with Crippen LogP contribution in [0.3, 0.4) is 0 Å². The van der Waals surface area contributed by atoms with Crippen molar-refractivity contribution in [1.29, 1.82) is 0 Å². The standard InChI is InChI=1S/C23H32N4O2/c1-22(2)11-16(12-23(3,4)26-22)25-21(29)19-9-10-20(28)27(19)14-15-13-24-18-8-6-5-7-17(15)18/h5-8,13,16,19,24,26H,9-12,14H2,1-4H3,(H,25,29). The van der Waals surface area contributed by atoms with Crippen molar-refractivity contribution in [3.63, 3.8) is 0 Å². The van der Waals surface area contributed by atoms with Crippen molar-refractivity contribution in [1.82, 2.24) is 20.5 Å². The normalized spacial score (nSPS) is 24.2. The number of likely N-dealkylation sites (tertiary alicyclic amines) is 1. The van der Waals surface area contributed by atoms with Crippen LogP contribution in [0.1, 0.15) is 58.9 Å². The van der Waals surface area contributed by atoms with Gasteiger partial charge >= 0.3 is 0 Å². The fourth-order valence-corrected chi connectivity index (χ4v) is 5.37. The zero-order chi connectivity index (χ0) is 20.8. The molecule has 156 valence electrons. The highest BCUT2D eigenvalue weighted by Gasteiger charge is 2.41. The van der Waals surface area contributed by atoms with Crippen LogP contribution in [0.4, 0.5) is 0 Å². The van der Waals surface area contributed by atoms with Crippen molar-refractivity contribution in [2.75, 3.05) is 0 Å². The first-order valence-electron chi connectivity index (χ1n) is 10.6. The van der Waals surface area contributed by atoms with Crippen molar-refractivity contribution in [3.05, 3.63) is 36.0 Å². The molecule has 4 rings (SSSR count). The summed E-state index contributed by atoms with van der Waals surface area (Å²) in [5.41, 5.74) is 2.04. The summed E-state index contributed by atoms with van der Waals surface area (Å²) in [6.07, 6.45) is 4.73. The second-order valence-electron chi connectivity index (χ2n) is 9.94. The Morgan fingerprint density at radius 3 is 2.59 bits per heavy atom. The number of nitrogens with one attached hydrogen (secondary N) is 3. The summed E-state index contributed by atoms with van der Waals surface area (Å²) in [5, 5.41) is 8.01. The third-order valence-electron chi connectivity index (χ3n) is 6.18. The van der Waals surface area contributed by atoms with Gasteiger partial charge in [-0.25, -0.2) is 0 Å². The fraction of sp³-hybridized carbons (Fsp3) is 0.565. The van der Waals surface area contributed by atoms with Crippen molar-refractivity contribution >= 4 is 22.7 Å². The predicted molar refractivity (Wildman–Crippen MR) is 114 cm³/mol. The number of hydrogen-bond donors (Lipinski definition) is 3. The van der Waals surface area contributed by atoms with E-state index in [0.717, 1.165) is 29.3 Å². The summed E-state index contributed by atoms with van der Waals surface area (Å²) in [6, 6.07) is 7.78. The van der Waals surface area contributed by atoms with Crippen LogP contribution in [0.2, 0.25) is 0 Å². The molecule has 2 fully saturated rings. The van der Waals surface area contributed by atoms with Crippen molar-refractivity contribution in [2.24, 2.45) is 0 Å². The molecular formula is C23H32N4O2. The second kappa shape index (κ2) is 7.17. The van der Waals surface area contributed by atoms with Crippen LogP contribution in [0.5, 0.6) is 0 Å². The van der Waals surface area contributed by atoms with Crippen molar-refractivity contribution < 1.29 is 9.59 Å². The summed E-state index contributed by atoms with van der Waals surface area (Å²) in [4.78, 5) is 30.7. The maximum atomic E-state index is 13.2. The lowest BCUT2D eigenvalue weighted by molar-refractivity contribution is -0.136. The molecule has 29 heavy (non-hydrogen) atoms. The minimum Gasteiger partial charge on any atom is -0.361 e. The number of carbonyl (C=O) groups is 2. The minimum atomic E-state index is -0.391. The molecule has 1 atom stereocenters. The van der Waals surface area contributed by atoms with E-state index in [0.29, 0.717) is 19.4 Å². The van der Waals surface area contributed by atoms with Gasteiger partial charge in [-0.2, -0.15) is 0 Å². The Morgan fingerprint density at radius 2 is 1.86 bits per heavy atom. The van der Waals surface area contributed by atoms with Crippen LogP contribution in [-0.2, 0) is 16.1 Å². The van der Waals surface area contributed by atoms with Gasteiger partial charge in [-0.15, -0.1) is 0 Å². The van der Waals surface area contributed by atoms with Crippen LogP contribution in [0.15, 0.2) is 30.5 Å². The Kier molecular flexibility index (Phi) is 4.93. The van der Waals surface area contributed by atoms with Gasteiger partial charge in [0.05, 0.1) is 0 Å². The number of benzene rings is 1. The van der Waals surface area contributed by atoms with E-state index in [1.807, 2.05) is 24.4 Å². The maximum absolute atomic E-state index is 13.2. The lowest BCUT2D eigenvalue weighted by Gasteiger charge is -2.46. The first-order chi connectivity index (χ1) is 13.6. The molecule has 6 nitrogen and oxygen atoms in total. The number of H-pyrrole nitrogens is 1. The maximum Gasteiger partial charge on any atom is 0.243 e. The van der Waals surface area contributed by atoms with Crippen LogP contribution < -0.4 is 10.6 Å². The lowest BCUT2D eigenvalue weighted by atomic mass is 9.79. The summed E-state index contributed by atoms with van der Waals surface area (Å²) in [6.45, 7) is 9.17. The molecule has 1 aromatic carbocycles. The van der Waals surface area contributed by atoms with Crippen LogP contribution in [0, 0.1) is 0 Å². The zero-order valence-corrected chi connectivity index (χ0v) is 17.8. The average Bonchev–Trinajstić information content (AvgIpc) is 3.17. The van der Waals surface area contributed by atoms with Crippen LogP contribution in [-0.4, -0.2) is 44.9 Å². The molecule has 0 spiro atoms. The molecule has 1 aromatic heterocycles. The minimum absolute atomic E-state index is 0.0193. The van der Waals surface area contributed by atoms with Gasteiger partial charge in [-0.1, -0.05) is 18.2 Å². The van der Waals surface area contributed by atoms with E-state index in [1.165, 1.54) is 0 Å². The van der Waals surface area contributed by atoms with E-state index in [1.54, 1.807) is 4.90 Å². The molecule has 2 amide bonds. The number of amides is 2. The molecule has 0 saturated carbocycles. The Hall–Kier alpha value is -2.34. The quantitative estimate of drug-likeness (QED) is 0.743. The number of aromatic amines is 1. The SMILES string of the molecule is CC1(C)CC(NC(=O)C2CCC(=O)N2Cc2c[nH]c3ccccc23)CC(C)(C)N1. The Morgan fingerprint density at radius 1 is 1.17 bits per heavy atom. The third-order valence-corrected chi connectivity index (χ3v) is 6.18. The van der Waals surface area contributed by atoms with E-state index in [2.05, 4.69) is 49.4 Å². The summed E-state index contributed by atoms with van der Waals surface area (Å²) in [5.74, 6) is 0.0376. The van der Waals surface area contributed by atoms with Gasteiger partial charge in [-0.3, -0.25) is 9.59 Å². The molecule has 2 aliphatic rings. The fourth-order valence-electron chi connectivity index (χ4n) is 5.37. The van der Waals surface area contributed by atoms with Crippen LogP contribution >= 0.6 is 0 Å². The topological polar surface area (TPSA) is 77.2 Å². The molecular weight excluding hydrogens is 364 g/mol. The first kappa shape index (κ1) is 20.0. The van der Waals surface area contributed by atoms with Gasteiger partial charge in [0.2, 0.25) is 11.8 Å². The number of nitrogens with zero attached hydrogens (tertiary/aromatic N) is 1. The van der Waals surface area contributed by atoms with Gasteiger partial charge in [0.15, 0.2) is 0 Å². The smallest absolute Gasteiger partial charge is 0.243 e. The van der Waals surface area contributed by atoms with Gasteiger partial charge in [-0.05, 0) is 58.6 Å². The van der Waals surface area contributed by atoms with Gasteiger partial charge in [0, 0.05) is 47.2 Å². The molecule has 0 aliphatic carbocycles. The summed E-state index contributed by atoms with van der Waals surface area (Å²) < 4.78 is 0. The molecule has 2 saturated heterocycles. The van der Waals surface area contributed by atoms with E-state index in [-0.39, 0.29) is 28.9 Å². The number of carbonyl (C=O) groups excluding carboxylic acids is 2. The average molecular weight is 397 g/mol. The number of piperidine rings is 1. The molecule has 3 N–H and O–H groups in total. The van der Waals surface area contributed by atoms with Gasteiger partial charge < -0.3 is 20.5 Å². The highest BCUT2D eigenvalue weighted by atomic mass is 16.2. The largest absolute Gasteiger partial charge is 0.361 e. The second-order valence-corrected chi connectivity index (χ2v) is 9.94.